The van der Waals surface area contributed by atoms with Crippen molar-refractivity contribution >= 4 is 61.9 Å². The monoisotopic (exact) mass is 598 g/mol. The van der Waals surface area contributed by atoms with Crippen LogP contribution in [-0.2, 0) is 0 Å². The van der Waals surface area contributed by atoms with Gasteiger partial charge < -0.3 is 14.7 Å². The Morgan fingerprint density at radius 2 is 1.92 bits per heavy atom. The molecular weight excluding hydrogens is 570 g/mol. The summed E-state index contributed by atoms with van der Waals surface area (Å²) in [7, 11) is 0. The van der Waals surface area contributed by atoms with Crippen molar-refractivity contribution in [2.75, 3.05) is 49.6 Å². The zero-order valence-corrected chi connectivity index (χ0v) is 23.9. The number of carbonyl (C=O) groups is 1. The van der Waals surface area contributed by atoms with Gasteiger partial charge in [-0.15, -0.1) is 11.3 Å². The van der Waals surface area contributed by atoms with Crippen molar-refractivity contribution in [1.82, 2.24) is 9.88 Å². The van der Waals surface area contributed by atoms with Crippen LogP contribution in [0, 0.1) is 5.82 Å². The molecule has 0 atom stereocenters. The average molecular weight is 600 g/mol. The smallest absolute Gasteiger partial charge is 0.257 e. The lowest BCUT2D eigenvalue weighted by atomic mass is 9.94. The van der Waals surface area contributed by atoms with Crippen molar-refractivity contribution in [3.8, 4) is 16.3 Å². The number of aromatic nitrogens is 1. The quantitative estimate of drug-likeness (QED) is 0.312. The van der Waals surface area contributed by atoms with Crippen LogP contribution in [0.15, 0.2) is 23.6 Å². The first-order chi connectivity index (χ1) is 18.4. The third-order valence-corrected chi connectivity index (χ3v) is 9.52. The first-order valence-corrected chi connectivity index (χ1v) is 15.2. The van der Waals surface area contributed by atoms with Crippen LogP contribution in [-0.4, -0.2) is 66.3 Å². The van der Waals surface area contributed by atoms with Crippen molar-refractivity contribution in [2.24, 2.45) is 0 Å². The van der Waals surface area contributed by atoms with E-state index < -0.39 is 11.7 Å². The number of thiophene rings is 1. The van der Waals surface area contributed by atoms with E-state index in [0.717, 1.165) is 47.8 Å². The number of hydrogen-bond donors (Lipinski definition) is 2. The number of nitrogens with one attached hydrogen (secondary N) is 1. The SMILES string of the molecule is O=C(Nc1nc(-c2cc(Cl)cs2)c(N2CCN(C3CCCCC3)CC2)s1)c1cc(F)c(OCCO)c(Cl)c1. The molecule has 38 heavy (non-hydrogen) atoms. The summed E-state index contributed by atoms with van der Waals surface area (Å²) in [5.74, 6) is -1.50. The lowest BCUT2D eigenvalue weighted by Gasteiger charge is -2.41. The van der Waals surface area contributed by atoms with Gasteiger partial charge in [0.1, 0.15) is 17.3 Å². The van der Waals surface area contributed by atoms with Crippen LogP contribution in [0.5, 0.6) is 5.75 Å². The van der Waals surface area contributed by atoms with Crippen LogP contribution in [0.1, 0.15) is 42.5 Å². The third kappa shape index (κ3) is 6.26. The maximum Gasteiger partial charge on any atom is 0.257 e. The van der Waals surface area contributed by atoms with E-state index in [1.807, 2.05) is 11.4 Å². The van der Waals surface area contributed by atoms with Gasteiger partial charge in [-0.1, -0.05) is 53.8 Å². The Hall–Kier alpha value is -1.95. The maximum atomic E-state index is 14.5. The molecule has 0 bridgehead atoms. The first-order valence-electron chi connectivity index (χ1n) is 12.7. The molecule has 2 N–H and O–H groups in total. The van der Waals surface area contributed by atoms with Crippen LogP contribution < -0.4 is 15.0 Å². The number of amides is 1. The molecular formula is C26H29Cl2FN4O3S2. The summed E-state index contributed by atoms with van der Waals surface area (Å²) in [5.41, 5.74) is 0.827. The molecule has 204 valence electrons. The highest BCUT2D eigenvalue weighted by Crippen LogP contribution is 2.42. The van der Waals surface area contributed by atoms with Crippen molar-refractivity contribution in [2.45, 2.75) is 38.1 Å². The molecule has 0 radical (unpaired) electrons. The van der Waals surface area contributed by atoms with E-state index in [1.54, 1.807) is 0 Å². The van der Waals surface area contributed by atoms with Gasteiger partial charge in [-0.05, 0) is 31.0 Å². The molecule has 3 aromatic rings. The Bertz CT molecular complexity index is 1250. The summed E-state index contributed by atoms with van der Waals surface area (Å²) in [5, 5.41) is 15.6. The molecule has 1 aliphatic heterocycles. The largest absolute Gasteiger partial charge is 0.487 e. The van der Waals surface area contributed by atoms with Crippen molar-refractivity contribution < 1.29 is 19.0 Å². The Kier molecular flexibility index (Phi) is 9.07. The van der Waals surface area contributed by atoms with Crippen LogP contribution in [0.2, 0.25) is 10.0 Å². The Balaban J connectivity index is 1.34. The average Bonchev–Trinajstić information content (AvgIpc) is 3.55. The van der Waals surface area contributed by atoms with E-state index >= 15 is 0 Å². The van der Waals surface area contributed by atoms with E-state index in [1.165, 1.54) is 60.8 Å². The molecule has 1 amide bonds. The Morgan fingerprint density at radius 1 is 1.16 bits per heavy atom. The highest BCUT2D eigenvalue weighted by Gasteiger charge is 2.28. The molecule has 1 saturated heterocycles. The first kappa shape index (κ1) is 27.6. The van der Waals surface area contributed by atoms with E-state index in [4.69, 9.17) is 38.0 Å². The zero-order valence-electron chi connectivity index (χ0n) is 20.7. The van der Waals surface area contributed by atoms with Gasteiger partial charge in [0.2, 0.25) is 0 Å². The van der Waals surface area contributed by atoms with Gasteiger partial charge in [-0.25, -0.2) is 9.37 Å². The lowest BCUT2D eigenvalue weighted by molar-refractivity contribution is 0.102. The minimum absolute atomic E-state index is 0.0439. The van der Waals surface area contributed by atoms with E-state index in [0.29, 0.717) is 16.2 Å². The second-order valence-electron chi connectivity index (χ2n) is 9.41. The van der Waals surface area contributed by atoms with Gasteiger partial charge in [0.25, 0.3) is 5.91 Å². The van der Waals surface area contributed by atoms with Gasteiger partial charge in [-0.2, -0.15) is 0 Å². The molecule has 2 fully saturated rings. The van der Waals surface area contributed by atoms with E-state index in [2.05, 4.69) is 15.1 Å². The summed E-state index contributed by atoms with van der Waals surface area (Å²) in [4.78, 5) is 23.6. The number of hydrogen-bond acceptors (Lipinski definition) is 8. The molecule has 1 aliphatic carbocycles. The summed E-state index contributed by atoms with van der Waals surface area (Å²) >= 11 is 15.3. The summed E-state index contributed by atoms with van der Waals surface area (Å²) in [6, 6.07) is 4.97. The van der Waals surface area contributed by atoms with E-state index in [9.17, 15) is 9.18 Å². The summed E-state index contributed by atoms with van der Waals surface area (Å²) in [6.45, 7) is 3.38. The molecule has 1 saturated carbocycles. The fourth-order valence-electron chi connectivity index (χ4n) is 5.06. The standard InChI is InChI=1S/C26H29Cl2FN4O3S2/c27-17-14-21(37-15-17)22-25(33-8-6-32(7-9-33)18-4-2-1-3-5-18)38-26(30-22)31-24(35)16-12-19(28)23(20(29)13-16)36-11-10-34/h12-15,18,34H,1-11H2,(H,30,31,35). The second-order valence-corrected chi connectivity index (χ2v) is 12.1. The van der Waals surface area contributed by atoms with Gasteiger partial charge in [0.05, 0.1) is 21.5 Å². The lowest BCUT2D eigenvalue weighted by Crippen LogP contribution is -2.50. The van der Waals surface area contributed by atoms with Gasteiger partial charge in [0.15, 0.2) is 16.7 Å². The number of ether oxygens (including phenoxy) is 1. The van der Waals surface area contributed by atoms with Crippen molar-refractivity contribution in [3.63, 3.8) is 0 Å². The number of benzene rings is 1. The van der Waals surface area contributed by atoms with Gasteiger partial charge in [0, 0.05) is 43.2 Å². The van der Waals surface area contributed by atoms with Crippen molar-refractivity contribution in [3.05, 3.63) is 45.0 Å². The number of aliphatic hydroxyl groups is 1. The normalized spacial score (nSPS) is 17.1. The van der Waals surface area contributed by atoms with Crippen LogP contribution in [0.3, 0.4) is 0 Å². The molecule has 5 rings (SSSR count). The molecule has 0 spiro atoms. The minimum Gasteiger partial charge on any atom is -0.487 e. The van der Waals surface area contributed by atoms with Crippen LogP contribution in [0.4, 0.5) is 14.5 Å². The number of nitrogens with zero attached hydrogens (tertiary/aromatic N) is 3. The topological polar surface area (TPSA) is 77.9 Å². The van der Waals surface area contributed by atoms with E-state index in [-0.39, 0.29) is 29.5 Å². The number of anilines is 2. The summed E-state index contributed by atoms with van der Waals surface area (Å²) < 4.78 is 19.7. The maximum absolute atomic E-state index is 14.5. The predicted molar refractivity (Wildman–Crippen MR) is 153 cm³/mol. The molecule has 1 aromatic carbocycles. The Morgan fingerprint density at radius 3 is 2.58 bits per heavy atom. The highest BCUT2D eigenvalue weighted by molar-refractivity contribution is 7.21. The highest BCUT2D eigenvalue weighted by atomic mass is 35.5. The third-order valence-electron chi connectivity index (χ3n) is 6.92. The number of halogens is 3. The molecule has 2 aromatic heterocycles. The zero-order chi connectivity index (χ0) is 26.6. The molecule has 12 heteroatoms. The van der Waals surface area contributed by atoms with Gasteiger partial charge >= 0.3 is 0 Å². The van der Waals surface area contributed by atoms with Crippen LogP contribution >= 0.6 is 45.9 Å². The predicted octanol–water partition coefficient (Wildman–Crippen LogP) is 6.40. The molecule has 2 aliphatic rings. The Labute approximate surface area is 239 Å². The number of carbonyl (C=O) groups excluding carboxylic acids is 1. The number of rotatable bonds is 8. The fraction of sp³-hybridized carbons (Fsp3) is 0.462. The fourth-order valence-corrected chi connectivity index (χ4v) is 7.48. The molecule has 3 heterocycles. The van der Waals surface area contributed by atoms with Gasteiger partial charge in [-0.3, -0.25) is 15.0 Å². The number of piperazine rings is 1. The van der Waals surface area contributed by atoms with Crippen molar-refractivity contribution in [1.29, 1.82) is 0 Å². The molecule has 7 nitrogen and oxygen atoms in total. The minimum atomic E-state index is -0.777. The second kappa shape index (κ2) is 12.5. The summed E-state index contributed by atoms with van der Waals surface area (Å²) in [6.07, 6.45) is 6.56. The number of aliphatic hydroxyl groups excluding tert-OH is 1. The molecule has 0 unspecified atom stereocenters. The van der Waals surface area contributed by atoms with Crippen LogP contribution in [0.25, 0.3) is 10.6 Å². The number of thiazole rings is 1.